The van der Waals surface area contributed by atoms with Crippen LogP contribution in [-0.4, -0.2) is 0 Å². The zero-order valence-corrected chi connectivity index (χ0v) is 27.2. The highest BCUT2D eigenvalue weighted by Gasteiger charge is 2.37. The molecule has 49 heavy (non-hydrogen) atoms. The highest BCUT2D eigenvalue weighted by Crippen LogP contribution is 2.53. The largest absolute Gasteiger partial charge is 0.456 e. The van der Waals surface area contributed by atoms with Gasteiger partial charge in [-0.3, -0.25) is 0 Å². The molecule has 0 spiro atoms. The number of rotatable bonds is 2. The quantitative estimate of drug-likeness (QED) is 0.191. The summed E-state index contributed by atoms with van der Waals surface area (Å²) in [4.78, 5) is 0. The van der Waals surface area contributed by atoms with E-state index in [9.17, 15) is 0 Å². The predicted octanol–water partition coefficient (Wildman–Crippen LogP) is 13.4. The lowest BCUT2D eigenvalue weighted by molar-refractivity contribution is 0.661. The number of hydrogen-bond acceptors (Lipinski definition) is 2. The van der Waals surface area contributed by atoms with Crippen molar-refractivity contribution in [3.05, 3.63) is 157 Å². The number of hydrogen-bond donors (Lipinski definition) is 0. The number of furan rings is 2. The van der Waals surface area contributed by atoms with Crippen molar-refractivity contribution in [2.24, 2.45) is 0 Å². The van der Waals surface area contributed by atoms with Crippen molar-refractivity contribution in [1.82, 2.24) is 0 Å². The lowest BCUT2D eigenvalue weighted by Gasteiger charge is -2.22. The van der Waals surface area contributed by atoms with Crippen LogP contribution in [0.15, 0.2) is 154 Å². The summed E-state index contributed by atoms with van der Waals surface area (Å²) < 4.78 is 12.7. The van der Waals surface area contributed by atoms with Crippen molar-refractivity contribution in [2.75, 3.05) is 0 Å². The van der Waals surface area contributed by atoms with Crippen LogP contribution in [0.2, 0.25) is 0 Å². The van der Waals surface area contributed by atoms with E-state index in [2.05, 4.69) is 147 Å². The van der Waals surface area contributed by atoms with Gasteiger partial charge < -0.3 is 8.83 Å². The molecule has 0 saturated carbocycles. The molecule has 2 heterocycles. The summed E-state index contributed by atoms with van der Waals surface area (Å²) in [5, 5.41) is 9.51. The van der Waals surface area contributed by atoms with Gasteiger partial charge in [-0.2, -0.15) is 0 Å². The van der Waals surface area contributed by atoms with E-state index in [4.69, 9.17) is 8.83 Å². The Morgan fingerprint density at radius 1 is 0.408 bits per heavy atom. The zero-order chi connectivity index (χ0) is 32.4. The second kappa shape index (κ2) is 9.49. The molecule has 0 bridgehead atoms. The molecule has 230 valence electrons. The molecule has 0 amide bonds. The first-order chi connectivity index (χ1) is 24.0. The van der Waals surface area contributed by atoms with Crippen LogP contribution in [0.25, 0.3) is 98.8 Å². The summed E-state index contributed by atoms with van der Waals surface area (Å²) in [6.45, 7) is 4.72. The second-order valence-electron chi connectivity index (χ2n) is 14.0. The predicted molar refractivity (Wildman–Crippen MR) is 204 cm³/mol. The SMILES string of the molecule is CC1(C)c2ccc(-c3cccc4oc5c6ccccc6ccc5c34)cc2-c2c1ccc1c(-c3ccc4oc5ccccc5c4c3)cccc21. The van der Waals surface area contributed by atoms with Gasteiger partial charge in [0.2, 0.25) is 0 Å². The molecule has 0 radical (unpaired) electrons. The van der Waals surface area contributed by atoms with Gasteiger partial charge >= 0.3 is 0 Å². The van der Waals surface area contributed by atoms with E-state index in [1.807, 2.05) is 12.1 Å². The van der Waals surface area contributed by atoms with Crippen molar-refractivity contribution >= 4 is 65.4 Å². The Morgan fingerprint density at radius 3 is 2.04 bits per heavy atom. The molecule has 2 heteroatoms. The summed E-state index contributed by atoms with van der Waals surface area (Å²) in [6.07, 6.45) is 0. The molecular formula is C47H30O2. The fraction of sp³-hybridized carbons (Fsp3) is 0.0638. The molecule has 10 aromatic rings. The maximum atomic E-state index is 6.56. The van der Waals surface area contributed by atoms with Crippen molar-refractivity contribution in [3.8, 4) is 33.4 Å². The number of benzene rings is 8. The molecule has 11 rings (SSSR count). The molecule has 0 saturated heterocycles. The highest BCUT2D eigenvalue weighted by atomic mass is 16.3. The van der Waals surface area contributed by atoms with E-state index in [-0.39, 0.29) is 5.41 Å². The fourth-order valence-corrected chi connectivity index (χ4v) is 8.72. The standard InChI is InChI=1S/C47H30O2/c1-47(2)39-22-18-29(31-13-8-16-43-45(31)36-20-17-27-9-3-4-10-32(27)46(36)49-43)26-38(39)44-35-14-7-12-30(33(35)21-23-40(44)47)28-19-24-42-37(25-28)34-11-5-6-15-41(34)48-42/h3-26H,1-2H3. The van der Waals surface area contributed by atoms with Crippen LogP contribution in [0.5, 0.6) is 0 Å². The van der Waals surface area contributed by atoms with E-state index in [0.717, 1.165) is 43.9 Å². The first kappa shape index (κ1) is 26.9. The molecule has 0 unspecified atom stereocenters. The van der Waals surface area contributed by atoms with Crippen LogP contribution in [0.4, 0.5) is 0 Å². The Bertz CT molecular complexity index is 3020. The van der Waals surface area contributed by atoms with Crippen LogP contribution in [0.3, 0.4) is 0 Å². The maximum absolute atomic E-state index is 6.56. The lowest BCUT2D eigenvalue weighted by atomic mass is 9.81. The Morgan fingerprint density at radius 2 is 1.10 bits per heavy atom. The topological polar surface area (TPSA) is 26.3 Å². The summed E-state index contributed by atoms with van der Waals surface area (Å²) in [6, 6.07) is 52.8. The molecule has 1 aliphatic rings. The zero-order valence-electron chi connectivity index (χ0n) is 27.2. The third-order valence-corrected chi connectivity index (χ3v) is 11.1. The monoisotopic (exact) mass is 626 g/mol. The molecule has 0 N–H and O–H groups in total. The van der Waals surface area contributed by atoms with Crippen molar-refractivity contribution in [2.45, 2.75) is 19.3 Å². The van der Waals surface area contributed by atoms with Gasteiger partial charge in [-0.15, -0.1) is 0 Å². The Hall–Kier alpha value is -6.12. The van der Waals surface area contributed by atoms with Gasteiger partial charge in [-0.1, -0.05) is 123 Å². The molecule has 8 aromatic carbocycles. The minimum absolute atomic E-state index is 0.116. The van der Waals surface area contributed by atoms with E-state index in [0.29, 0.717) is 0 Å². The van der Waals surface area contributed by atoms with Gasteiger partial charge in [-0.05, 0) is 97.1 Å². The average Bonchev–Trinajstić information content (AvgIpc) is 3.79. The fourth-order valence-electron chi connectivity index (χ4n) is 8.72. The number of para-hydroxylation sites is 1. The lowest BCUT2D eigenvalue weighted by Crippen LogP contribution is -2.14. The van der Waals surface area contributed by atoms with Gasteiger partial charge in [0.05, 0.1) is 0 Å². The Balaban J connectivity index is 1.13. The normalized spacial score (nSPS) is 13.7. The van der Waals surface area contributed by atoms with Crippen molar-refractivity contribution < 1.29 is 8.83 Å². The summed E-state index contributed by atoms with van der Waals surface area (Å²) >= 11 is 0. The molecule has 2 nitrogen and oxygen atoms in total. The van der Waals surface area contributed by atoms with Crippen LogP contribution >= 0.6 is 0 Å². The van der Waals surface area contributed by atoms with Gasteiger partial charge in [0, 0.05) is 32.3 Å². The smallest absolute Gasteiger partial charge is 0.143 e. The Labute approximate surface area is 282 Å². The van der Waals surface area contributed by atoms with E-state index < -0.39 is 0 Å². The van der Waals surface area contributed by atoms with Crippen molar-refractivity contribution in [3.63, 3.8) is 0 Å². The number of fused-ring (bicyclic) bond motifs is 13. The highest BCUT2D eigenvalue weighted by molar-refractivity contribution is 6.19. The van der Waals surface area contributed by atoms with E-state index >= 15 is 0 Å². The molecular weight excluding hydrogens is 597 g/mol. The molecule has 0 aliphatic heterocycles. The van der Waals surface area contributed by atoms with Gasteiger partial charge in [0.25, 0.3) is 0 Å². The van der Waals surface area contributed by atoms with Gasteiger partial charge in [0.15, 0.2) is 0 Å². The van der Waals surface area contributed by atoms with Crippen molar-refractivity contribution in [1.29, 1.82) is 0 Å². The molecule has 2 aromatic heterocycles. The summed E-state index contributed by atoms with van der Waals surface area (Å²) in [5.41, 5.74) is 13.8. The third kappa shape index (κ3) is 3.61. The first-order valence-electron chi connectivity index (χ1n) is 17.0. The second-order valence-corrected chi connectivity index (χ2v) is 14.0. The summed E-state index contributed by atoms with van der Waals surface area (Å²) in [7, 11) is 0. The van der Waals surface area contributed by atoms with E-state index in [1.165, 1.54) is 66.1 Å². The van der Waals surface area contributed by atoms with Crippen LogP contribution in [-0.2, 0) is 5.41 Å². The third-order valence-electron chi connectivity index (χ3n) is 11.1. The maximum Gasteiger partial charge on any atom is 0.143 e. The van der Waals surface area contributed by atoms with Crippen LogP contribution in [0, 0.1) is 0 Å². The first-order valence-corrected chi connectivity index (χ1v) is 17.0. The van der Waals surface area contributed by atoms with Crippen LogP contribution in [0.1, 0.15) is 25.0 Å². The van der Waals surface area contributed by atoms with Gasteiger partial charge in [-0.25, -0.2) is 0 Å². The van der Waals surface area contributed by atoms with Crippen LogP contribution < -0.4 is 0 Å². The van der Waals surface area contributed by atoms with E-state index in [1.54, 1.807) is 0 Å². The summed E-state index contributed by atoms with van der Waals surface area (Å²) in [5.74, 6) is 0. The molecule has 1 aliphatic carbocycles. The minimum atomic E-state index is -0.116. The van der Waals surface area contributed by atoms with Gasteiger partial charge in [0.1, 0.15) is 22.3 Å². The average molecular weight is 627 g/mol. The Kier molecular flexibility index (Phi) is 5.21. The molecule has 0 fully saturated rings. The minimum Gasteiger partial charge on any atom is -0.456 e. The molecule has 0 atom stereocenters.